The van der Waals surface area contributed by atoms with Crippen molar-refractivity contribution < 1.29 is 9.90 Å². The summed E-state index contributed by atoms with van der Waals surface area (Å²) in [5.41, 5.74) is 11.7. The third kappa shape index (κ3) is 2.28. The van der Waals surface area contributed by atoms with Crippen LogP contribution in [0.2, 0.25) is 0 Å². The molecule has 5 nitrogen and oxygen atoms in total. The number of hydrogen-bond donors (Lipinski definition) is 3. The molecule has 0 fully saturated rings. The second kappa shape index (κ2) is 4.50. The van der Waals surface area contributed by atoms with Crippen molar-refractivity contribution >= 4 is 21.9 Å². The van der Waals surface area contributed by atoms with Gasteiger partial charge in [0, 0.05) is 6.54 Å². The van der Waals surface area contributed by atoms with Crippen LogP contribution in [0.25, 0.3) is 0 Å². The highest BCUT2D eigenvalue weighted by Gasteiger charge is 2.12. The lowest BCUT2D eigenvalue weighted by Gasteiger charge is -2.08. The summed E-state index contributed by atoms with van der Waals surface area (Å²) in [4.78, 5) is 14.6. The number of aromatic carboxylic acids is 1. The quantitative estimate of drug-likeness (QED) is 0.687. The van der Waals surface area contributed by atoms with E-state index < -0.39 is 5.97 Å². The molecule has 0 radical (unpaired) electrons. The van der Waals surface area contributed by atoms with Crippen LogP contribution in [0.5, 0.6) is 0 Å². The van der Waals surface area contributed by atoms with Gasteiger partial charge >= 0.3 is 5.97 Å². The van der Waals surface area contributed by atoms with E-state index in [-0.39, 0.29) is 22.8 Å². The van der Waals surface area contributed by atoms with Crippen LogP contribution in [0.1, 0.15) is 22.1 Å². The summed E-state index contributed by atoms with van der Waals surface area (Å²) < 4.78 is 0.270. The molecule has 0 aliphatic rings. The molecule has 1 rings (SSSR count). The zero-order chi connectivity index (χ0) is 10.7. The fourth-order valence-electron chi connectivity index (χ4n) is 0.935. The summed E-state index contributed by atoms with van der Waals surface area (Å²) in [5.74, 6) is -1.03. The third-order valence-electron chi connectivity index (χ3n) is 1.73. The van der Waals surface area contributed by atoms with E-state index in [2.05, 4.69) is 20.9 Å². The molecule has 1 aromatic heterocycles. The Morgan fingerprint density at radius 2 is 2.29 bits per heavy atom. The molecule has 0 saturated heterocycles. The van der Waals surface area contributed by atoms with E-state index in [1.807, 2.05) is 0 Å². The van der Waals surface area contributed by atoms with Gasteiger partial charge in [-0.2, -0.15) is 0 Å². The Kier molecular flexibility index (Phi) is 3.56. The number of carboxylic acid groups (broad SMARTS) is 1. The molecule has 0 saturated carbocycles. The van der Waals surface area contributed by atoms with Gasteiger partial charge in [-0.3, -0.25) is 0 Å². The molecule has 0 aliphatic carbocycles. The molecule has 6 heteroatoms. The van der Waals surface area contributed by atoms with Crippen LogP contribution in [-0.2, 0) is 0 Å². The van der Waals surface area contributed by atoms with Gasteiger partial charge in [0.1, 0.15) is 4.60 Å². The first-order valence-corrected chi connectivity index (χ1v) is 4.71. The molecule has 5 N–H and O–H groups in total. The van der Waals surface area contributed by atoms with Crippen LogP contribution in [0, 0.1) is 0 Å². The Hall–Kier alpha value is -0.980. The first-order valence-electron chi connectivity index (χ1n) is 3.91. The normalized spacial score (nSPS) is 12.5. The van der Waals surface area contributed by atoms with E-state index in [1.54, 1.807) is 6.07 Å². The lowest BCUT2D eigenvalue weighted by Crippen LogP contribution is -2.22. The topological polar surface area (TPSA) is 102 Å². The molecule has 0 bridgehead atoms. The van der Waals surface area contributed by atoms with Gasteiger partial charge in [-0.25, -0.2) is 9.78 Å². The largest absolute Gasteiger partial charge is 0.478 e. The van der Waals surface area contributed by atoms with Crippen LogP contribution >= 0.6 is 15.9 Å². The molecule has 0 amide bonds. The van der Waals surface area contributed by atoms with Crippen LogP contribution in [0.3, 0.4) is 0 Å². The summed E-state index contributed by atoms with van der Waals surface area (Å²) in [7, 11) is 0. The standard InChI is InChI=1S/C8H10BrN3O2/c9-7-4(8(13)14)1-2-6(12-7)5(11)3-10/h1-2,5H,3,10-11H2,(H,13,14). The maximum Gasteiger partial charge on any atom is 0.338 e. The molecule has 76 valence electrons. The van der Waals surface area contributed by atoms with E-state index in [0.29, 0.717) is 5.69 Å². The number of carboxylic acids is 1. The van der Waals surface area contributed by atoms with E-state index in [9.17, 15) is 4.79 Å². The van der Waals surface area contributed by atoms with Gasteiger partial charge in [-0.05, 0) is 28.1 Å². The first-order chi connectivity index (χ1) is 6.56. The Balaban J connectivity index is 3.06. The fourth-order valence-corrected chi connectivity index (χ4v) is 1.44. The third-order valence-corrected chi connectivity index (χ3v) is 2.34. The highest BCUT2D eigenvalue weighted by Crippen LogP contribution is 2.17. The molecule has 14 heavy (non-hydrogen) atoms. The minimum Gasteiger partial charge on any atom is -0.478 e. The average molecular weight is 260 g/mol. The van der Waals surface area contributed by atoms with Gasteiger partial charge in [0.25, 0.3) is 0 Å². The Bertz CT molecular complexity index is 356. The second-order valence-electron chi connectivity index (χ2n) is 2.72. The molecular weight excluding hydrogens is 250 g/mol. The molecule has 1 atom stereocenters. The smallest absolute Gasteiger partial charge is 0.338 e. The molecule has 0 aliphatic heterocycles. The van der Waals surface area contributed by atoms with E-state index in [4.69, 9.17) is 16.6 Å². The lowest BCUT2D eigenvalue weighted by atomic mass is 10.2. The zero-order valence-electron chi connectivity index (χ0n) is 7.27. The Morgan fingerprint density at radius 3 is 2.71 bits per heavy atom. The maximum absolute atomic E-state index is 10.6. The van der Waals surface area contributed by atoms with Gasteiger partial charge in [0.15, 0.2) is 0 Å². The van der Waals surface area contributed by atoms with Crippen LogP contribution in [-0.4, -0.2) is 22.6 Å². The Labute approximate surface area is 89.2 Å². The van der Waals surface area contributed by atoms with Crippen molar-refractivity contribution in [3.05, 3.63) is 28.0 Å². The van der Waals surface area contributed by atoms with Crippen LogP contribution < -0.4 is 11.5 Å². The van der Waals surface area contributed by atoms with Crippen molar-refractivity contribution in [2.75, 3.05) is 6.54 Å². The van der Waals surface area contributed by atoms with Crippen molar-refractivity contribution in [1.29, 1.82) is 0 Å². The number of aromatic nitrogens is 1. The predicted octanol–water partition coefficient (Wildman–Crippen LogP) is 0.501. The van der Waals surface area contributed by atoms with E-state index in [0.717, 1.165) is 0 Å². The monoisotopic (exact) mass is 259 g/mol. The summed E-state index contributed by atoms with van der Waals surface area (Å²) >= 11 is 3.06. The summed E-state index contributed by atoms with van der Waals surface area (Å²) in [6.07, 6.45) is 0. The fraction of sp³-hybridized carbons (Fsp3) is 0.250. The molecule has 0 aromatic carbocycles. The molecule has 1 heterocycles. The zero-order valence-corrected chi connectivity index (χ0v) is 8.86. The average Bonchev–Trinajstić information content (AvgIpc) is 2.15. The van der Waals surface area contributed by atoms with Crippen molar-refractivity contribution in [3.8, 4) is 0 Å². The molecular formula is C8H10BrN3O2. The van der Waals surface area contributed by atoms with E-state index >= 15 is 0 Å². The number of carbonyl (C=O) groups is 1. The van der Waals surface area contributed by atoms with Gasteiger partial charge in [-0.15, -0.1) is 0 Å². The maximum atomic E-state index is 10.6. The second-order valence-corrected chi connectivity index (χ2v) is 3.47. The SMILES string of the molecule is NCC(N)c1ccc(C(=O)O)c(Br)n1. The predicted molar refractivity (Wildman–Crippen MR) is 54.9 cm³/mol. The van der Waals surface area contributed by atoms with Crippen molar-refractivity contribution in [2.24, 2.45) is 11.5 Å². The van der Waals surface area contributed by atoms with Crippen LogP contribution in [0.4, 0.5) is 0 Å². The van der Waals surface area contributed by atoms with E-state index in [1.165, 1.54) is 6.07 Å². The van der Waals surface area contributed by atoms with Gasteiger partial charge in [-0.1, -0.05) is 0 Å². The van der Waals surface area contributed by atoms with Gasteiger partial charge < -0.3 is 16.6 Å². The van der Waals surface area contributed by atoms with Crippen molar-refractivity contribution in [3.63, 3.8) is 0 Å². The van der Waals surface area contributed by atoms with Gasteiger partial charge in [0.2, 0.25) is 0 Å². The molecule has 1 aromatic rings. The lowest BCUT2D eigenvalue weighted by molar-refractivity contribution is 0.0695. The highest BCUT2D eigenvalue weighted by molar-refractivity contribution is 9.10. The molecule has 1 unspecified atom stereocenters. The number of nitrogens with two attached hydrogens (primary N) is 2. The number of halogens is 1. The highest BCUT2D eigenvalue weighted by atomic mass is 79.9. The molecule has 0 spiro atoms. The van der Waals surface area contributed by atoms with Crippen molar-refractivity contribution in [1.82, 2.24) is 4.98 Å². The number of hydrogen-bond acceptors (Lipinski definition) is 4. The number of nitrogens with zero attached hydrogens (tertiary/aromatic N) is 1. The summed E-state index contributed by atoms with van der Waals surface area (Å²) in [5, 5.41) is 8.73. The number of rotatable bonds is 3. The summed E-state index contributed by atoms with van der Waals surface area (Å²) in [6, 6.07) is 2.64. The van der Waals surface area contributed by atoms with Crippen LogP contribution in [0.15, 0.2) is 16.7 Å². The first kappa shape index (κ1) is 11.1. The summed E-state index contributed by atoms with van der Waals surface area (Å²) in [6.45, 7) is 0.270. The Morgan fingerprint density at radius 1 is 1.64 bits per heavy atom. The number of pyridine rings is 1. The minimum atomic E-state index is -1.03. The minimum absolute atomic E-state index is 0.109. The van der Waals surface area contributed by atoms with Crippen molar-refractivity contribution in [2.45, 2.75) is 6.04 Å². The van der Waals surface area contributed by atoms with Gasteiger partial charge in [0.05, 0.1) is 17.3 Å².